The molecule has 1 rings (SSSR count). The summed E-state index contributed by atoms with van der Waals surface area (Å²) in [5.74, 6) is -1.07. The van der Waals surface area contributed by atoms with Gasteiger partial charge >= 0.3 is 6.18 Å². The summed E-state index contributed by atoms with van der Waals surface area (Å²) in [6.45, 7) is 0. The van der Waals surface area contributed by atoms with Crippen LogP contribution in [0.1, 0.15) is 6.42 Å². The molecule has 0 aromatic heterocycles. The molecule has 0 aliphatic carbocycles. The maximum atomic E-state index is 11.8. The number of nitrogens with one attached hydrogen (secondary N) is 1. The number of rotatable bonds is 2. The lowest BCUT2D eigenvalue weighted by Crippen LogP contribution is -2.21. The topological polar surface area (TPSA) is 29.1 Å². The molecule has 0 atom stereocenters. The third kappa shape index (κ3) is 4.73. The second-order valence-electron chi connectivity index (χ2n) is 2.89. The van der Waals surface area contributed by atoms with E-state index in [-0.39, 0.29) is 0 Å². The molecule has 1 amide bonds. The number of carbonyl (C=O) groups excluding carboxylic acids is 1. The van der Waals surface area contributed by atoms with E-state index < -0.39 is 18.5 Å². The summed E-state index contributed by atoms with van der Waals surface area (Å²) in [4.78, 5) is 11.5. The van der Waals surface area contributed by atoms with Crippen molar-refractivity contribution in [3.05, 3.63) is 24.3 Å². The molecule has 0 radical (unpaired) electrons. The van der Waals surface area contributed by atoms with Crippen molar-refractivity contribution in [3.8, 4) is 0 Å². The van der Waals surface area contributed by atoms with Crippen molar-refractivity contribution >= 4 is 24.2 Å². The number of benzene rings is 1. The Morgan fingerprint density at radius 3 is 2.27 bits per heavy atom. The van der Waals surface area contributed by atoms with E-state index in [2.05, 4.69) is 17.9 Å². The highest BCUT2D eigenvalue weighted by atomic mass is 32.1. The van der Waals surface area contributed by atoms with E-state index in [1.54, 1.807) is 12.1 Å². The fourth-order valence-corrected chi connectivity index (χ4v) is 1.08. The van der Waals surface area contributed by atoms with Crippen LogP contribution in [-0.2, 0) is 4.79 Å². The molecule has 82 valence electrons. The lowest BCUT2D eigenvalue weighted by atomic mass is 10.3. The van der Waals surface area contributed by atoms with Crippen LogP contribution in [-0.4, -0.2) is 12.1 Å². The SMILES string of the molecule is O=C(CC(F)(F)F)Nc1ccc(S)cc1. The monoisotopic (exact) mass is 235 g/mol. The van der Waals surface area contributed by atoms with Crippen molar-refractivity contribution in [2.45, 2.75) is 17.5 Å². The van der Waals surface area contributed by atoms with E-state index in [1.807, 2.05) is 0 Å². The largest absolute Gasteiger partial charge is 0.397 e. The summed E-state index contributed by atoms with van der Waals surface area (Å²) >= 11 is 4.00. The Morgan fingerprint density at radius 2 is 1.80 bits per heavy atom. The number of hydrogen-bond donors (Lipinski definition) is 2. The van der Waals surface area contributed by atoms with Gasteiger partial charge in [0.15, 0.2) is 0 Å². The minimum absolute atomic E-state index is 0.321. The zero-order valence-electron chi connectivity index (χ0n) is 7.51. The molecule has 0 aliphatic heterocycles. The normalized spacial score (nSPS) is 11.2. The summed E-state index contributed by atoms with van der Waals surface area (Å²) in [5, 5.41) is 2.13. The maximum absolute atomic E-state index is 11.8. The first kappa shape index (κ1) is 11.9. The zero-order chi connectivity index (χ0) is 11.5. The predicted octanol–water partition coefficient (Wildman–Crippen LogP) is 2.87. The van der Waals surface area contributed by atoms with Crippen LogP contribution >= 0.6 is 12.6 Å². The average Bonchev–Trinajstić information content (AvgIpc) is 2.05. The third-order valence-electron chi connectivity index (χ3n) is 1.51. The van der Waals surface area contributed by atoms with Crippen molar-refractivity contribution < 1.29 is 18.0 Å². The Morgan fingerprint density at radius 1 is 1.27 bits per heavy atom. The van der Waals surface area contributed by atoms with E-state index in [4.69, 9.17) is 0 Å². The van der Waals surface area contributed by atoms with Gasteiger partial charge in [-0.1, -0.05) is 0 Å². The van der Waals surface area contributed by atoms with Gasteiger partial charge in [-0.3, -0.25) is 4.79 Å². The second-order valence-corrected chi connectivity index (χ2v) is 3.40. The summed E-state index contributed by atoms with van der Waals surface area (Å²) < 4.78 is 35.4. The van der Waals surface area contributed by atoms with E-state index in [9.17, 15) is 18.0 Å². The highest BCUT2D eigenvalue weighted by molar-refractivity contribution is 7.80. The summed E-state index contributed by atoms with van der Waals surface area (Å²) in [7, 11) is 0. The fraction of sp³-hybridized carbons (Fsp3) is 0.222. The molecule has 0 saturated heterocycles. The van der Waals surface area contributed by atoms with E-state index in [0.29, 0.717) is 10.6 Å². The van der Waals surface area contributed by atoms with Crippen LogP contribution < -0.4 is 5.32 Å². The van der Waals surface area contributed by atoms with Gasteiger partial charge in [0.2, 0.25) is 5.91 Å². The van der Waals surface area contributed by atoms with E-state index in [1.165, 1.54) is 12.1 Å². The lowest BCUT2D eigenvalue weighted by Gasteiger charge is -2.07. The first-order valence-corrected chi connectivity index (χ1v) is 4.47. The summed E-state index contributed by atoms with van der Waals surface area (Å²) in [6, 6.07) is 6.12. The molecule has 2 nitrogen and oxygen atoms in total. The highest BCUT2D eigenvalue weighted by Crippen LogP contribution is 2.20. The average molecular weight is 235 g/mol. The van der Waals surface area contributed by atoms with Gasteiger partial charge in [0.25, 0.3) is 0 Å². The van der Waals surface area contributed by atoms with Crippen LogP contribution in [0.4, 0.5) is 18.9 Å². The molecule has 0 aliphatic rings. The number of halogens is 3. The van der Waals surface area contributed by atoms with Crippen molar-refractivity contribution in [1.29, 1.82) is 0 Å². The minimum atomic E-state index is -4.48. The van der Waals surface area contributed by atoms with Crippen molar-refractivity contribution in [3.63, 3.8) is 0 Å². The van der Waals surface area contributed by atoms with Crippen molar-refractivity contribution in [2.24, 2.45) is 0 Å². The van der Waals surface area contributed by atoms with Gasteiger partial charge in [-0.2, -0.15) is 13.2 Å². The Kier molecular flexibility index (Phi) is 3.62. The number of hydrogen-bond acceptors (Lipinski definition) is 2. The molecular weight excluding hydrogens is 227 g/mol. The van der Waals surface area contributed by atoms with Crippen molar-refractivity contribution in [2.75, 3.05) is 5.32 Å². The van der Waals surface area contributed by atoms with Gasteiger partial charge in [-0.05, 0) is 24.3 Å². The summed E-state index contributed by atoms with van der Waals surface area (Å²) in [6.07, 6.45) is -5.96. The molecule has 0 saturated carbocycles. The number of carbonyl (C=O) groups is 1. The van der Waals surface area contributed by atoms with Crippen LogP contribution in [0.15, 0.2) is 29.2 Å². The zero-order valence-corrected chi connectivity index (χ0v) is 8.40. The van der Waals surface area contributed by atoms with Gasteiger partial charge in [0.1, 0.15) is 6.42 Å². The molecule has 0 bridgehead atoms. The molecule has 1 N–H and O–H groups in total. The Hall–Kier alpha value is -1.17. The van der Waals surface area contributed by atoms with Gasteiger partial charge < -0.3 is 5.32 Å². The van der Waals surface area contributed by atoms with Gasteiger partial charge in [0, 0.05) is 10.6 Å². The second kappa shape index (κ2) is 4.57. The molecule has 0 heterocycles. The molecule has 1 aromatic carbocycles. The third-order valence-corrected chi connectivity index (χ3v) is 1.81. The molecule has 1 aromatic rings. The molecule has 0 spiro atoms. The predicted molar refractivity (Wildman–Crippen MR) is 53.0 cm³/mol. The number of alkyl halides is 3. The van der Waals surface area contributed by atoms with Crippen molar-refractivity contribution in [1.82, 2.24) is 0 Å². The first-order valence-electron chi connectivity index (χ1n) is 4.02. The van der Waals surface area contributed by atoms with E-state index in [0.717, 1.165) is 0 Å². The quantitative estimate of drug-likeness (QED) is 0.758. The van der Waals surface area contributed by atoms with Crippen LogP contribution in [0.25, 0.3) is 0 Å². The van der Waals surface area contributed by atoms with Gasteiger partial charge in [0.05, 0.1) is 0 Å². The number of amides is 1. The highest BCUT2D eigenvalue weighted by Gasteiger charge is 2.31. The molecule has 0 unspecified atom stereocenters. The maximum Gasteiger partial charge on any atom is 0.397 e. The van der Waals surface area contributed by atoms with Crippen LogP contribution in [0.3, 0.4) is 0 Å². The van der Waals surface area contributed by atoms with Gasteiger partial charge in [-0.15, -0.1) is 12.6 Å². The van der Waals surface area contributed by atoms with E-state index >= 15 is 0 Å². The van der Waals surface area contributed by atoms with Crippen LogP contribution in [0.5, 0.6) is 0 Å². The Balaban J connectivity index is 2.55. The smallest absolute Gasteiger partial charge is 0.326 e. The van der Waals surface area contributed by atoms with Gasteiger partial charge in [-0.25, -0.2) is 0 Å². The molecule has 15 heavy (non-hydrogen) atoms. The number of thiol groups is 1. The Labute approximate surface area is 89.9 Å². The molecular formula is C9H8F3NOS. The summed E-state index contributed by atoms with van der Waals surface area (Å²) in [5.41, 5.74) is 0.321. The fourth-order valence-electron chi connectivity index (χ4n) is 0.932. The Bertz CT molecular complexity index is 347. The minimum Gasteiger partial charge on any atom is -0.326 e. The molecule has 0 fully saturated rings. The first-order chi connectivity index (χ1) is 6.87. The number of anilines is 1. The lowest BCUT2D eigenvalue weighted by molar-refractivity contribution is -0.150. The standard InChI is InChI=1S/C9H8F3NOS/c10-9(11,12)5-8(14)13-6-1-3-7(15)4-2-6/h1-4,15H,5H2,(H,13,14). The van der Waals surface area contributed by atoms with Crippen LogP contribution in [0.2, 0.25) is 0 Å². The molecule has 6 heteroatoms. The van der Waals surface area contributed by atoms with Crippen LogP contribution in [0, 0.1) is 0 Å².